The van der Waals surface area contributed by atoms with E-state index in [9.17, 15) is 4.79 Å². The van der Waals surface area contributed by atoms with Crippen LogP contribution in [0.5, 0.6) is 0 Å². The predicted molar refractivity (Wildman–Crippen MR) is 39.5 cm³/mol. The van der Waals surface area contributed by atoms with Crippen LogP contribution in [0, 0.1) is 11.8 Å². The Morgan fingerprint density at radius 1 is 1.45 bits per heavy atom. The third-order valence-electron chi connectivity index (χ3n) is 2.61. The first kappa shape index (κ1) is 7.01. The monoisotopic (exact) mass is 170 g/mol. The molecule has 0 amide bonds. The molecule has 2 fully saturated rings. The average Bonchev–Trinajstić information content (AvgIpc) is 2.44. The van der Waals surface area contributed by atoms with Crippen LogP contribution in [0.3, 0.4) is 0 Å². The predicted octanol–water partition coefficient (Wildman–Crippen LogP) is 0.873. The molecule has 2 aliphatic rings. The summed E-state index contributed by atoms with van der Waals surface area (Å²) < 4.78 is 0. The zero-order valence-electron chi connectivity index (χ0n) is 5.83. The topological polar surface area (TPSA) is 53.5 Å². The van der Waals surface area contributed by atoms with E-state index in [0.29, 0.717) is 5.71 Å². The van der Waals surface area contributed by atoms with Crippen LogP contribution in [0.2, 0.25) is 0 Å². The van der Waals surface area contributed by atoms with Crippen LogP contribution >= 0.6 is 11.6 Å². The Balaban J connectivity index is 2.45. The average molecular weight is 171 g/mol. The highest BCUT2D eigenvalue weighted by atomic mass is 35.5. The van der Waals surface area contributed by atoms with Crippen molar-refractivity contribution in [1.29, 1.82) is 0 Å². The Bertz CT molecular complexity index is 270. The maximum absolute atomic E-state index is 11.2. The van der Waals surface area contributed by atoms with Crippen molar-refractivity contribution in [2.24, 2.45) is 11.8 Å². The number of alkyl halides is 1. The SMILES string of the molecule is [N-]=[N+]=C1C(=O)[C@H]2CC[C@@H]1[C@H]2Cl. The van der Waals surface area contributed by atoms with Crippen LogP contribution in [0.1, 0.15) is 12.8 Å². The Morgan fingerprint density at radius 3 is 2.45 bits per heavy atom. The molecule has 2 aliphatic carbocycles. The molecular weight excluding hydrogens is 164 g/mol. The number of halogens is 1. The molecule has 11 heavy (non-hydrogen) atoms. The fourth-order valence-electron chi connectivity index (χ4n) is 2.02. The highest BCUT2D eigenvalue weighted by Crippen LogP contribution is 2.43. The zero-order chi connectivity index (χ0) is 8.01. The van der Waals surface area contributed by atoms with Crippen molar-refractivity contribution < 1.29 is 9.58 Å². The number of hydrogen-bond donors (Lipinski definition) is 0. The molecule has 0 aromatic heterocycles. The van der Waals surface area contributed by atoms with Crippen LogP contribution in [0.15, 0.2) is 0 Å². The van der Waals surface area contributed by atoms with E-state index in [4.69, 9.17) is 17.1 Å². The molecule has 0 radical (unpaired) electrons. The molecule has 2 rings (SSSR count). The molecule has 3 atom stereocenters. The standard InChI is InChI=1S/C7H7ClN2O/c8-5-3-1-2-4(5)7(11)6(3)10-9/h3-5H,1-2H2/t3-,4+,5-/m1/s1. The minimum atomic E-state index is -0.117. The molecule has 0 saturated heterocycles. The van der Waals surface area contributed by atoms with E-state index in [1.54, 1.807) is 0 Å². The van der Waals surface area contributed by atoms with Crippen molar-refractivity contribution in [1.82, 2.24) is 0 Å². The van der Waals surface area contributed by atoms with E-state index in [1.165, 1.54) is 0 Å². The van der Waals surface area contributed by atoms with Gasteiger partial charge in [0.05, 0.1) is 11.3 Å². The first-order valence-corrected chi connectivity index (χ1v) is 4.09. The Kier molecular flexibility index (Phi) is 1.38. The maximum Gasteiger partial charge on any atom is 0.339 e. The molecular formula is C7H7ClN2O. The van der Waals surface area contributed by atoms with E-state index in [2.05, 4.69) is 4.79 Å². The fraction of sp³-hybridized carbons (Fsp3) is 0.714. The van der Waals surface area contributed by atoms with Gasteiger partial charge in [0.25, 0.3) is 0 Å². The lowest BCUT2D eigenvalue weighted by atomic mass is 9.97. The summed E-state index contributed by atoms with van der Waals surface area (Å²) in [6.07, 6.45) is 1.75. The fourth-order valence-corrected chi connectivity index (χ4v) is 2.50. The third kappa shape index (κ3) is 0.725. The van der Waals surface area contributed by atoms with Crippen molar-refractivity contribution >= 4 is 23.1 Å². The first-order chi connectivity index (χ1) is 5.25. The van der Waals surface area contributed by atoms with Crippen molar-refractivity contribution in [3.8, 4) is 0 Å². The van der Waals surface area contributed by atoms with Gasteiger partial charge in [-0.3, -0.25) is 4.79 Å². The summed E-state index contributed by atoms with van der Waals surface area (Å²) in [6.45, 7) is 0. The molecule has 0 heterocycles. The number of carbonyl (C=O) groups excluding carboxylic acids is 1. The molecule has 2 bridgehead atoms. The van der Waals surface area contributed by atoms with Gasteiger partial charge in [0.15, 0.2) is 0 Å². The Morgan fingerprint density at radius 2 is 2.09 bits per heavy atom. The molecule has 0 aromatic rings. The van der Waals surface area contributed by atoms with Gasteiger partial charge in [-0.05, 0) is 12.8 Å². The molecule has 3 nitrogen and oxygen atoms in total. The van der Waals surface area contributed by atoms with Crippen molar-refractivity contribution in [2.45, 2.75) is 18.2 Å². The lowest BCUT2D eigenvalue weighted by Crippen LogP contribution is -2.22. The summed E-state index contributed by atoms with van der Waals surface area (Å²) in [5.74, 6) is -0.115. The molecule has 0 spiro atoms. The summed E-state index contributed by atoms with van der Waals surface area (Å²) in [7, 11) is 0. The largest absolute Gasteiger partial charge is 0.361 e. The van der Waals surface area contributed by atoms with Crippen LogP contribution in [0.25, 0.3) is 5.53 Å². The quantitative estimate of drug-likeness (QED) is 0.302. The van der Waals surface area contributed by atoms with Crippen LogP contribution in [-0.4, -0.2) is 21.7 Å². The van der Waals surface area contributed by atoms with Gasteiger partial charge in [-0.25, -0.2) is 0 Å². The second-order valence-electron chi connectivity index (χ2n) is 3.08. The van der Waals surface area contributed by atoms with Gasteiger partial charge in [-0.2, -0.15) is 4.79 Å². The second kappa shape index (κ2) is 2.16. The second-order valence-corrected chi connectivity index (χ2v) is 3.59. The molecule has 0 aliphatic heterocycles. The molecule has 0 N–H and O–H groups in total. The number of ketones is 1. The summed E-state index contributed by atoms with van der Waals surface area (Å²) in [4.78, 5) is 14.2. The van der Waals surface area contributed by atoms with E-state index in [-0.39, 0.29) is 23.0 Å². The molecule has 4 heteroatoms. The summed E-state index contributed by atoms with van der Waals surface area (Å²) in [5.41, 5.74) is 8.78. The molecule has 0 aromatic carbocycles. The number of Topliss-reactive ketones (excluding diaryl/α,β-unsaturated/α-hetero) is 1. The van der Waals surface area contributed by atoms with E-state index < -0.39 is 0 Å². The Hall–Kier alpha value is -0.660. The molecule has 0 unspecified atom stereocenters. The van der Waals surface area contributed by atoms with Crippen LogP contribution in [0.4, 0.5) is 0 Å². The van der Waals surface area contributed by atoms with E-state index in [1.807, 2.05) is 0 Å². The van der Waals surface area contributed by atoms with E-state index >= 15 is 0 Å². The Labute approximate surface area is 69.0 Å². The van der Waals surface area contributed by atoms with Crippen LogP contribution in [-0.2, 0) is 4.79 Å². The third-order valence-corrected chi connectivity index (χ3v) is 3.21. The lowest BCUT2D eigenvalue weighted by molar-refractivity contribution is -0.120. The number of hydrogen-bond acceptors (Lipinski definition) is 1. The molecule has 58 valence electrons. The highest BCUT2D eigenvalue weighted by Gasteiger charge is 2.56. The summed E-state index contributed by atoms with van der Waals surface area (Å²) in [6, 6.07) is 0. The van der Waals surface area contributed by atoms with Crippen LogP contribution < -0.4 is 0 Å². The number of carbonyl (C=O) groups is 1. The van der Waals surface area contributed by atoms with Crippen molar-refractivity contribution in [2.75, 3.05) is 0 Å². The van der Waals surface area contributed by atoms with Gasteiger partial charge in [-0.1, -0.05) is 0 Å². The van der Waals surface area contributed by atoms with Gasteiger partial charge in [0.1, 0.15) is 0 Å². The lowest BCUT2D eigenvalue weighted by Gasteiger charge is -2.00. The summed E-state index contributed by atoms with van der Waals surface area (Å²) >= 11 is 5.93. The van der Waals surface area contributed by atoms with Crippen molar-refractivity contribution in [3.05, 3.63) is 5.53 Å². The van der Waals surface area contributed by atoms with Gasteiger partial charge in [0, 0.05) is 5.92 Å². The normalized spacial score (nSPS) is 41.4. The minimum absolute atomic E-state index is 0.0131. The molecule has 2 saturated carbocycles. The highest BCUT2D eigenvalue weighted by molar-refractivity contribution is 6.46. The van der Waals surface area contributed by atoms with Gasteiger partial charge >= 0.3 is 5.71 Å². The van der Waals surface area contributed by atoms with Gasteiger partial charge in [-0.15, -0.1) is 11.6 Å². The number of fused-ring (bicyclic) bond motifs is 2. The first-order valence-electron chi connectivity index (χ1n) is 3.66. The maximum atomic E-state index is 11.2. The van der Waals surface area contributed by atoms with Gasteiger partial charge < -0.3 is 5.53 Å². The zero-order valence-corrected chi connectivity index (χ0v) is 6.58. The van der Waals surface area contributed by atoms with E-state index in [0.717, 1.165) is 12.8 Å². The van der Waals surface area contributed by atoms with Gasteiger partial charge in [0.2, 0.25) is 5.78 Å². The minimum Gasteiger partial charge on any atom is -0.361 e. The summed E-state index contributed by atoms with van der Waals surface area (Å²) in [5, 5.41) is -0.117. The number of nitrogens with zero attached hydrogens (tertiary/aromatic N) is 2. The smallest absolute Gasteiger partial charge is 0.339 e. The number of rotatable bonds is 0. The van der Waals surface area contributed by atoms with Crippen molar-refractivity contribution in [3.63, 3.8) is 0 Å².